The van der Waals surface area contributed by atoms with Gasteiger partial charge in [0.15, 0.2) is 0 Å². The lowest BCUT2D eigenvalue weighted by Crippen LogP contribution is -2.14. The molecule has 0 spiro atoms. The summed E-state index contributed by atoms with van der Waals surface area (Å²) < 4.78 is 31.0. The quantitative estimate of drug-likeness (QED) is 0.811. The van der Waals surface area contributed by atoms with Crippen LogP contribution in [-0.4, -0.2) is 25.3 Å². The van der Waals surface area contributed by atoms with Gasteiger partial charge in [0.2, 0.25) is 10.0 Å². The molecule has 0 amide bonds. The summed E-state index contributed by atoms with van der Waals surface area (Å²) in [6, 6.07) is 10.9. The van der Waals surface area contributed by atoms with Gasteiger partial charge in [-0.1, -0.05) is 0 Å². The Morgan fingerprint density at radius 2 is 1.74 bits per heavy atom. The van der Waals surface area contributed by atoms with Gasteiger partial charge in [0.1, 0.15) is 11.6 Å². The molecule has 0 saturated carbocycles. The van der Waals surface area contributed by atoms with Crippen LogP contribution in [0, 0.1) is 0 Å². The number of aromatic nitrogens is 1. The molecule has 0 fully saturated rings. The second-order valence-electron chi connectivity index (χ2n) is 5.25. The topological polar surface area (TPSA) is 80.3 Å². The SMILES string of the molecule is CCS(=O)(=O)Nc1ccc(Nc2ccc(OC(C)C)cc2)nc1. The van der Waals surface area contributed by atoms with E-state index in [1.165, 1.54) is 6.20 Å². The Hall–Kier alpha value is -2.28. The van der Waals surface area contributed by atoms with Crippen LogP contribution in [0.3, 0.4) is 0 Å². The smallest absolute Gasteiger partial charge is 0.232 e. The van der Waals surface area contributed by atoms with E-state index in [9.17, 15) is 8.42 Å². The van der Waals surface area contributed by atoms with E-state index in [1.807, 2.05) is 38.1 Å². The lowest BCUT2D eigenvalue weighted by Gasteiger charge is -2.11. The van der Waals surface area contributed by atoms with Crippen LogP contribution in [0.25, 0.3) is 0 Å². The molecule has 124 valence electrons. The molecule has 0 bridgehead atoms. The van der Waals surface area contributed by atoms with Gasteiger partial charge in [-0.15, -0.1) is 0 Å². The zero-order valence-corrected chi connectivity index (χ0v) is 14.2. The first-order valence-corrected chi connectivity index (χ1v) is 9.03. The number of sulfonamides is 1. The maximum Gasteiger partial charge on any atom is 0.232 e. The van der Waals surface area contributed by atoms with E-state index in [0.717, 1.165) is 11.4 Å². The van der Waals surface area contributed by atoms with Crippen molar-refractivity contribution in [2.45, 2.75) is 26.9 Å². The van der Waals surface area contributed by atoms with E-state index in [0.29, 0.717) is 11.5 Å². The van der Waals surface area contributed by atoms with Gasteiger partial charge in [-0.3, -0.25) is 4.72 Å². The molecular weight excluding hydrogens is 314 g/mol. The summed E-state index contributed by atoms with van der Waals surface area (Å²) in [5, 5.41) is 3.14. The summed E-state index contributed by atoms with van der Waals surface area (Å²) in [5.74, 6) is 1.46. The predicted molar refractivity (Wildman–Crippen MR) is 92.8 cm³/mol. The number of rotatable bonds is 7. The molecule has 0 aliphatic heterocycles. The molecule has 0 saturated heterocycles. The van der Waals surface area contributed by atoms with Gasteiger partial charge >= 0.3 is 0 Å². The molecule has 2 rings (SSSR count). The third kappa shape index (κ3) is 5.45. The van der Waals surface area contributed by atoms with Crippen LogP contribution in [0.4, 0.5) is 17.2 Å². The van der Waals surface area contributed by atoms with Crippen molar-refractivity contribution < 1.29 is 13.2 Å². The largest absolute Gasteiger partial charge is 0.491 e. The van der Waals surface area contributed by atoms with Crippen LogP contribution in [0.5, 0.6) is 5.75 Å². The van der Waals surface area contributed by atoms with Crippen LogP contribution in [0.1, 0.15) is 20.8 Å². The average Bonchev–Trinajstić information content (AvgIpc) is 2.50. The summed E-state index contributed by atoms with van der Waals surface area (Å²) in [4.78, 5) is 4.19. The highest BCUT2D eigenvalue weighted by atomic mass is 32.2. The molecule has 1 aromatic heterocycles. The fraction of sp³-hybridized carbons (Fsp3) is 0.312. The van der Waals surface area contributed by atoms with Crippen molar-refractivity contribution in [2.75, 3.05) is 15.8 Å². The molecule has 6 nitrogen and oxygen atoms in total. The Kier molecular flexibility index (Phi) is 5.44. The Bertz CT molecular complexity index is 726. The zero-order chi connectivity index (χ0) is 16.9. The van der Waals surface area contributed by atoms with E-state index in [-0.39, 0.29) is 11.9 Å². The van der Waals surface area contributed by atoms with E-state index in [4.69, 9.17) is 4.74 Å². The highest BCUT2D eigenvalue weighted by molar-refractivity contribution is 7.92. The predicted octanol–water partition coefficient (Wildman–Crippen LogP) is 3.37. The third-order valence-electron chi connectivity index (χ3n) is 2.92. The summed E-state index contributed by atoms with van der Waals surface area (Å²) >= 11 is 0. The van der Waals surface area contributed by atoms with Crippen molar-refractivity contribution >= 4 is 27.2 Å². The Morgan fingerprint density at radius 3 is 2.26 bits per heavy atom. The number of anilines is 3. The van der Waals surface area contributed by atoms with Gasteiger partial charge in [-0.05, 0) is 57.2 Å². The highest BCUT2D eigenvalue weighted by Crippen LogP contribution is 2.20. The average molecular weight is 335 g/mol. The molecule has 7 heteroatoms. The highest BCUT2D eigenvalue weighted by Gasteiger charge is 2.07. The monoisotopic (exact) mass is 335 g/mol. The first kappa shape index (κ1) is 17.1. The van der Waals surface area contributed by atoms with Crippen molar-refractivity contribution in [1.29, 1.82) is 0 Å². The lowest BCUT2D eigenvalue weighted by atomic mass is 10.3. The van der Waals surface area contributed by atoms with Crippen molar-refractivity contribution in [1.82, 2.24) is 4.98 Å². The van der Waals surface area contributed by atoms with Crippen molar-refractivity contribution in [3.05, 3.63) is 42.6 Å². The van der Waals surface area contributed by atoms with Crippen molar-refractivity contribution in [2.24, 2.45) is 0 Å². The van der Waals surface area contributed by atoms with E-state index in [1.54, 1.807) is 19.1 Å². The molecule has 0 radical (unpaired) electrons. The first-order valence-electron chi connectivity index (χ1n) is 7.38. The van der Waals surface area contributed by atoms with Crippen molar-refractivity contribution in [3.63, 3.8) is 0 Å². The molecule has 23 heavy (non-hydrogen) atoms. The molecule has 0 unspecified atom stereocenters. The van der Waals surface area contributed by atoms with Crippen molar-refractivity contribution in [3.8, 4) is 5.75 Å². The van der Waals surface area contributed by atoms with Crippen LogP contribution < -0.4 is 14.8 Å². The second kappa shape index (κ2) is 7.32. The number of pyridine rings is 1. The van der Waals surface area contributed by atoms with E-state index in [2.05, 4.69) is 15.0 Å². The minimum atomic E-state index is -3.28. The molecule has 2 N–H and O–H groups in total. The van der Waals surface area contributed by atoms with E-state index >= 15 is 0 Å². The normalized spacial score (nSPS) is 11.3. The second-order valence-corrected chi connectivity index (χ2v) is 7.26. The molecule has 1 aromatic carbocycles. The van der Waals surface area contributed by atoms with Crippen LogP contribution in [0.2, 0.25) is 0 Å². The fourth-order valence-electron chi connectivity index (χ4n) is 1.82. The summed E-state index contributed by atoms with van der Waals surface area (Å²) in [6.07, 6.45) is 1.61. The minimum Gasteiger partial charge on any atom is -0.491 e. The summed E-state index contributed by atoms with van der Waals surface area (Å²) in [6.45, 7) is 5.53. The molecule has 2 aromatic rings. The fourth-order valence-corrected chi connectivity index (χ4v) is 2.44. The Balaban J connectivity index is 2.00. The Labute approximate surface area is 137 Å². The summed E-state index contributed by atoms with van der Waals surface area (Å²) in [7, 11) is -3.28. The number of hydrogen-bond acceptors (Lipinski definition) is 5. The number of nitrogens with zero attached hydrogens (tertiary/aromatic N) is 1. The standard InChI is InChI=1S/C16H21N3O3S/c1-4-23(20,21)19-14-7-10-16(17-11-14)18-13-5-8-15(9-6-13)22-12(2)3/h5-12,19H,4H2,1-3H3,(H,17,18). The molecular formula is C16H21N3O3S. The zero-order valence-electron chi connectivity index (χ0n) is 13.4. The molecule has 1 heterocycles. The van der Waals surface area contributed by atoms with Crippen LogP contribution >= 0.6 is 0 Å². The number of benzene rings is 1. The van der Waals surface area contributed by atoms with Crippen LogP contribution in [-0.2, 0) is 10.0 Å². The first-order chi connectivity index (χ1) is 10.9. The van der Waals surface area contributed by atoms with E-state index < -0.39 is 10.0 Å². The molecule has 0 aliphatic carbocycles. The lowest BCUT2D eigenvalue weighted by molar-refractivity contribution is 0.242. The Morgan fingerprint density at radius 1 is 1.09 bits per heavy atom. The van der Waals surface area contributed by atoms with Gasteiger partial charge in [0.05, 0.1) is 23.7 Å². The number of ether oxygens (including phenoxy) is 1. The number of hydrogen-bond donors (Lipinski definition) is 2. The minimum absolute atomic E-state index is 0.0256. The number of nitrogens with one attached hydrogen (secondary N) is 2. The molecule has 0 atom stereocenters. The van der Waals surface area contributed by atoms with Gasteiger partial charge in [-0.25, -0.2) is 13.4 Å². The van der Waals surface area contributed by atoms with Gasteiger partial charge in [0, 0.05) is 5.69 Å². The van der Waals surface area contributed by atoms with Crippen LogP contribution in [0.15, 0.2) is 42.6 Å². The molecule has 0 aliphatic rings. The van der Waals surface area contributed by atoms with Gasteiger partial charge in [0.25, 0.3) is 0 Å². The van der Waals surface area contributed by atoms with Gasteiger partial charge in [-0.2, -0.15) is 0 Å². The van der Waals surface area contributed by atoms with Gasteiger partial charge < -0.3 is 10.1 Å². The summed E-state index contributed by atoms with van der Waals surface area (Å²) in [5.41, 5.74) is 1.31. The maximum absolute atomic E-state index is 11.5. The third-order valence-corrected chi connectivity index (χ3v) is 4.22. The maximum atomic E-state index is 11.5.